The Balaban J connectivity index is 2.09. The molecule has 0 bridgehead atoms. The molecule has 0 aliphatic carbocycles. The molecule has 118 valence electrons. The number of rotatable bonds is 3. The second-order valence-electron chi connectivity index (χ2n) is 5.25. The Kier molecular flexibility index (Phi) is 3.77. The van der Waals surface area contributed by atoms with Gasteiger partial charge in [-0.3, -0.25) is 0 Å². The van der Waals surface area contributed by atoms with E-state index in [1.807, 2.05) is 12.1 Å². The zero-order valence-electron chi connectivity index (χ0n) is 12.6. The smallest absolute Gasteiger partial charge is 0.342 e. The van der Waals surface area contributed by atoms with Crippen LogP contribution in [-0.4, -0.2) is 13.4 Å². The maximum atomic E-state index is 14.0. The van der Waals surface area contributed by atoms with Gasteiger partial charge in [-0.25, -0.2) is 9.37 Å². The quantitative estimate of drug-likeness (QED) is 0.686. The van der Waals surface area contributed by atoms with Gasteiger partial charge in [0.05, 0.1) is 0 Å². The number of aryl methyl sites for hydroxylation is 2. The van der Waals surface area contributed by atoms with Crippen molar-refractivity contribution in [3.8, 4) is 5.75 Å². The minimum atomic E-state index is -4.28. The van der Waals surface area contributed by atoms with Crippen LogP contribution in [0.3, 0.4) is 0 Å². The van der Waals surface area contributed by atoms with Crippen LogP contribution in [0.5, 0.6) is 5.75 Å². The molecule has 1 heterocycles. The number of benzene rings is 2. The topological polar surface area (TPSA) is 56.3 Å². The van der Waals surface area contributed by atoms with E-state index in [2.05, 4.69) is 4.98 Å². The molecule has 0 saturated carbocycles. The van der Waals surface area contributed by atoms with E-state index >= 15 is 0 Å². The lowest BCUT2D eigenvalue weighted by atomic mass is 10.2. The first-order valence-electron chi connectivity index (χ1n) is 6.94. The van der Waals surface area contributed by atoms with Crippen molar-refractivity contribution in [1.82, 2.24) is 4.98 Å². The summed E-state index contributed by atoms with van der Waals surface area (Å²) in [6.45, 7) is 3.47. The predicted molar refractivity (Wildman–Crippen MR) is 85.4 cm³/mol. The number of pyridine rings is 1. The minimum absolute atomic E-state index is 0.0752. The Hall–Kier alpha value is -2.47. The van der Waals surface area contributed by atoms with Crippen LogP contribution in [0.25, 0.3) is 10.9 Å². The summed E-state index contributed by atoms with van der Waals surface area (Å²) in [5.74, 6) is -0.763. The third-order valence-electron chi connectivity index (χ3n) is 3.38. The molecule has 0 spiro atoms. The number of fused-ring (bicyclic) bond motifs is 1. The van der Waals surface area contributed by atoms with Crippen LogP contribution in [0.15, 0.2) is 53.4 Å². The number of aromatic nitrogens is 1. The SMILES string of the molecule is Cc1ccc(S(=O)(=O)Oc2cccc3ccc(C)nc23)c(F)c1. The molecule has 2 aromatic carbocycles. The van der Waals surface area contributed by atoms with Crippen molar-refractivity contribution in [2.75, 3.05) is 0 Å². The van der Waals surface area contributed by atoms with Gasteiger partial charge in [-0.2, -0.15) is 8.42 Å². The molecule has 0 aliphatic rings. The van der Waals surface area contributed by atoms with Gasteiger partial charge in [0.15, 0.2) is 5.75 Å². The van der Waals surface area contributed by atoms with Gasteiger partial charge < -0.3 is 4.18 Å². The molecule has 0 radical (unpaired) electrons. The van der Waals surface area contributed by atoms with Crippen LogP contribution < -0.4 is 4.18 Å². The van der Waals surface area contributed by atoms with Crippen molar-refractivity contribution < 1.29 is 17.0 Å². The molecule has 0 saturated heterocycles. The molecular weight excluding hydrogens is 317 g/mol. The van der Waals surface area contributed by atoms with E-state index in [0.29, 0.717) is 11.1 Å². The molecule has 23 heavy (non-hydrogen) atoms. The average Bonchev–Trinajstić information content (AvgIpc) is 2.47. The summed E-state index contributed by atoms with van der Waals surface area (Å²) in [6, 6.07) is 12.5. The molecule has 3 aromatic rings. The van der Waals surface area contributed by atoms with E-state index in [1.165, 1.54) is 18.2 Å². The van der Waals surface area contributed by atoms with Crippen LogP contribution in [0.1, 0.15) is 11.3 Å². The first-order chi connectivity index (χ1) is 10.9. The highest BCUT2D eigenvalue weighted by atomic mass is 32.2. The molecule has 0 unspecified atom stereocenters. The largest absolute Gasteiger partial charge is 0.377 e. The first-order valence-corrected chi connectivity index (χ1v) is 8.35. The zero-order chi connectivity index (χ0) is 16.6. The zero-order valence-corrected chi connectivity index (χ0v) is 13.4. The second kappa shape index (κ2) is 5.62. The number of hydrogen-bond acceptors (Lipinski definition) is 4. The van der Waals surface area contributed by atoms with E-state index in [-0.39, 0.29) is 5.75 Å². The lowest BCUT2D eigenvalue weighted by Crippen LogP contribution is -2.12. The Morgan fingerprint density at radius 3 is 2.57 bits per heavy atom. The highest BCUT2D eigenvalue weighted by molar-refractivity contribution is 7.87. The lowest BCUT2D eigenvalue weighted by molar-refractivity contribution is 0.478. The van der Waals surface area contributed by atoms with E-state index in [9.17, 15) is 12.8 Å². The Bertz CT molecular complexity index is 1000. The molecule has 4 nitrogen and oxygen atoms in total. The van der Waals surface area contributed by atoms with Gasteiger partial charge in [0.1, 0.15) is 16.2 Å². The molecule has 0 aliphatic heterocycles. The van der Waals surface area contributed by atoms with E-state index in [1.54, 1.807) is 26.0 Å². The maximum Gasteiger partial charge on any atom is 0.342 e. The Labute approximate surface area is 133 Å². The fourth-order valence-electron chi connectivity index (χ4n) is 2.26. The molecule has 0 fully saturated rings. The van der Waals surface area contributed by atoms with E-state index in [0.717, 1.165) is 17.1 Å². The Morgan fingerprint density at radius 2 is 1.83 bits per heavy atom. The highest BCUT2D eigenvalue weighted by Gasteiger charge is 2.22. The van der Waals surface area contributed by atoms with E-state index < -0.39 is 20.8 Å². The van der Waals surface area contributed by atoms with Crippen molar-refractivity contribution in [1.29, 1.82) is 0 Å². The molecule has 6 heteroatoms. The molecule has 0 N–H and O–H groups in total. The fraction of sp³-hybridized carbons (Fsp3) is 0.118. The highest BCUT2D eigenvalue weighted by Crippen LogP contribution is 2.28. The normalized spacial score (nSPS) is 11.6. The standard InChI is InChI=1S/C17H14FNO3S/c1-11-6-9-16(14(18)10-11)23(20,21)22-15-5-3-4-13-8-7-12(2)19-17(13)15/h3-10H,1-2H3. The summed E-state index contributed by atoms with van der Waals surface area (Å²) >= 11 is 0. The third-order valence-corrected chi connectivity index (χ3v) is 4.65. The van der Waals surface area contributed by atoms with Crippen molar-refractivity contribution in [3.05, 3.63) is 65.6 Å². The first kappa shape index (κ1) is 15.4. The number of halogens is 1. The summed E-state index contributed by atoms with van der Waals surface area (Å²) in [7, 11) is -4.28. The summed E-state index contributed by atoms with van der Waals surface area (Å²) in [4.78, 5) is 3.81. The van der Waals surface area contributed by atoms with Crippen molar-refractivity contribution in [2.45, 2.75) is 18.7 Å². The van der Waals surface area contributed by atoms with Gasteiger partial charge in [-0.1, -0.05) is 24.3 Å². The second-order valence-corrected chi connectivity index (χ2v) is 6.77. The van der Waals surface area contributed by atoms with Crippen LogP contribution in [0.2, 0.25) is 0 Å². The van der Waals surface area contributed by atoms with Gasteiger partial charge in [0.2, 0.25) is 0 Å². The summed E-state index contributed by atoms with van der Waals surface area (Å²) in [6.07, 6.45) is 0. The fourth-order valence-corrected chi connectivity index (χ4v) is 3.25. The third kappa shape index (κ3) is 3.03. The lowest BCUT2D eigenvalue weighted by Gasteiger charge is -2.10. The minimum Gasteiger partial charge on any atom is -0.377 e. The summed E-state index contributed by atoms with van der Waals surface area (Å²) in [5, 5.41) is 0.743. The molecular formula is C17H14FNO3S. The maximum absolute atomic E-state index is 14.0. The van der Waals surface area contributed by atoms with Crippen LogP contribution in [-0.2, 0) is 10.1 Å². The predicted octanol–water partition coefficient (Wildman–Crippen LogP) is 3.76. The van der Waals surface area contributed by atoms with Gasteiger partial charge in [0, 0.05) is 11.1 Å². The average molecular weight is 331 g/mol. The molecule has 0 amide bonds. The van der Waals surface area contributed by atoms with Crippen molar-refractivity contribution in [2.24, 2.45) is 0 Å². The molecule has 3 rings (SSSR count). The van der Waals surface area contributed by atoms with Gasteiger partial charge in [-0.15, -0.1) is 0 Å². The van der Waals surface area contributed by atoms with Crippen LogP contribution >= 0.6 is 0 Å². The van der Waals surface area contributed by atoms with E-state index in [4.69, 9.17) is 4.18 Å². The van der Waals surface area contributed by atoms with Gasteiger partial charge in [-0.05, 0) is 43.7 Å². The Morgan fingerprint density at radius 1 is 1.04 bits per heavy atom. The monoisotopic (exact) mass is 331 g/mol. The van der Waals surface area contributed by atoms with Crippen LogP contribution in [0.4, 0.5) is 4.39 Å². The van der Waals surface area contributed by atoms with Crippen molar-refractivity contribution in [3.63, 3.8) is 0 Å². The molecule has 0 atom stereocenters. The van der Waals surface area contributed by atoms with Crippen molar-refractivity contribution >= 4 is 21.0 Å². The number of nitrogens with zero attached hydrogens (tertiary/aromatic N) is 1. The summed E-state index contributed by atoms with van der Waals surface area (Å²) in [5.41, 5.74) is 1.78. The summed E-state index contributed by atoms with van der Waals surface area (Å²) < 4.78 is 43.8. The van der Waals surface area contributed by atoms with Gasteiger partial charge >= 0.3 is 10.1 Å². The van der Waals surface area contributed by atoms with Crippen LogP contribution in [0, 0.1) is 19.7 Å². The number of para-hydroxylation sites is 1. The number of hydrogen-bond donors (Lipinski definition) is 0. The molecule has 1 aromatic heterocycles. The van der Waals surface area contributed by atoms with Gasteiger partial charge in [0.25, 0.3) is 0 Å².